The molecule has 7 nitrogen and oxygen atoms in total. The Morgan fingerprint density at radius 1 is 1.10 bits per heavy atom. The van der Waals surface area contributed by atoms with Crippen molar-refractivity contribution in [2.45, 2.75) is 58.6 Å². The third-order valence-corrected chi connectivity index (χ3v) is 5.47. The normalized spacial score (nSPS) is 14.5. The van der Waals surface area contributed by atoms with Crippen LogP contribution < -0.4 is 10.1 Å². The molecule has 1 aliphatic carbocycles. The van der Waals surface area contributed by atoms with Gasteiger partial charge in [0.1, 0.15) is 18.1 Å². The molecule has 0 unspecified atom stereocenters. The SMILES string of the molecule is Cc1ccc(-c2noc(C)c2COc2ccc(C(=O)NC3CCCCC3)cn2)cn1. The second-order valence-corrected chi connectivity index (χ2v) is 7.74. The summed E-state index contributed by atoms with van der Waals surface area (Å²) >= 11 is 0. The molecule has 1 saturated carbocycles. The number of carbonyl (C=O) groups excluding carboxylic acids is 1. The predicted molar refractivity (Wildman–Crippen MR) is 112 cm³/mol. The minimum absolute atomic E-state index is 0.0787. The van der Waals surface area contributed by atoms with Crippen LogP contribution >= 0.6 is 0 Å². The molecule has 3 aromatic heterocycles. The summed E-state index contributed by atoms with van der Waals surface area (Å²) in [4.78, 5) is 21.0. The third kappa shape index (κ3) is 4.67. The number of ether oxygens (including phenoxy) is 1. The molecule has 0 bridgehead atoms. The molecule has 0 atom stereocenters. The van der Waals surface area contributed by atoms with E-state index in [4.69, 9.17) is 9.26 Å². The van der Waals surface area contributed by atoms with Crippen molar-refractivity contribution in [2.75, 3.05) is 0 Å². The summed E-state index contributed by atoms with van der Waals surface area (Å²) in [5.74, 6) is 1.05. The molecule has 156 valence electrons. The summed E-state index contributed by atoms with van der Waals surface area (Å²) < 4.78 is 11.2. The average molecular weight is 406 g/mol. The Hall–Kier alpha value is -3.22. The lowest BCUT2D eigenvalue weighted by atomic mass is 9.95. The monoisotopic (exact) mass is 406 g/mol. The summed E-state index contributed by atoms with van der Waals surface area (Å²) in [5, 5.41) is 7.25. The van der Waals surface area contributed by atoms with Gasteiger partial charge in [-0.2, -0.15) is 0 Å². The predicted octanol–water partition coefficient (Wildman–Crippen LogP) is 4.39. The van der Waals surface area contributed by atoms with E-state index in [1.807, 2.05) is 26.0 Å². The van der Waals surface area contributed by atoms with Crippen LogP contribution in [0.3, 0.4) is 0 Å². The fourth-order valence-corrected chi connectivity index (χ4v) is 3.66. The summed E-state index contributed by atoms with van der Waals surface area (Å²) in [6.45, 7) is 4.05. The molecule has 1 amide bonds. The number of hydrogen-bond donors (Lipinski definition) is 1. The first-order chi connectivity index (χ1) is 14.6. The smallest absolute Gasteiger partial charge is 0.253 e. The zero-order valence-corrected chi connectivity index (χ0v) is 17.4. The first kappa shape index (κ1) is 20.1. The van der Waals surface area contributed by atoms with Crippen molar-refractivity contribution in [3.8, 4) is 17.1 Å². The van der Waals surface area contributed by atoms with Crippen LogP contribution in [-0.2, 0) is 6.61 Å². The molecule has 1 aliphatic rings. The van der Waals surface area contributed by atoms with Crippen LogP contribution in [0.4, 0.5) is 0 Å². The Kier molecular flexibility index (Phi) is 6.07. The van der Waals surface area contributed by atoms with Crippen LogP contribution in [-0.4, -0.2) is 27.1 Å². The van der Waals surface area contributed by atoms with Crippen molar-refractivity contribution in [3.05, 3.63) is 59.2 Å². The highest BCUT2D eigenvalue weighted by Gasteiger charge is 2.18. The van der Waals surface area contributed by atoms with Crippen LogP contribution in [0.1, 0.15) is 59.5 Å². The van der Waals surface area contributed by atoms with Gasteiger partial charge in [0, 0.05) is 35.8 Å². The molecule has 3 aromatic rings. The quantitative estimate of drug-likeness (QED) is 0.653. The largest absolute Gasteiger partial charge is 0.473 e. The lowest BCUT2D eigenvalue weighted by Crippen LogP contribution is -2.36. The van der Waals surface area contributed by atoms with Gasteiger partial charge in [-0.25, -0.2) is 4.98 Å². The molecule has 0 aliphatic heterocycles. The summed E-state index contributed by atoms with van der Waals surface area (Å²) in [6, 6.07) is 7.62. The Morgan fingerprint density at radius 3 is 2.63 bits per heavy atom. The lowest BCUT2D eigenvalue weighted by Gasteiger charge is -2.22. The second kappa shape index (κ2) is 9.07. The van der Waals surface area contributed by atoms with E-state index < -0.39 is 0 Å². The molecule has 3 heterocycles. The number of aromatic nitrogens is 3. The van der Waals surface area contributed by atoms with Crippen molar-refractivity contribution in [1.82, 2.24) is 20.4 Å². The average Bonchev–Trinajstić information content (AvgIpc) is 3.14. The molecule has 30 heavy (non-hydrogen) atoms. The van der Waals surface area contributed by atoms with Gasteiger partial charge in [-0.15, -0.1) is 0 Å². The van der Waals surface area contributed by atoms with Crippen LogP contribution in [0.15, 0.2) is 41.2 Å². The Morgan fingerprint density at radius 2 is 1.93 bits per heavy atom. The first-order valence-electron chi connectivity index (χ1n) is 10.4. The minimum Gasteiger partial charge on any atom is -0.473 e. The zero-order chi connectivity index (χ0) is 20.9. The number of carbonyl (C=O) groups is 1. The number of nitrogens with zero attached hydrogens (tertiary/aromatic N) is 3. The molecular formula is C23H26N4O3. The van der Waals surface area contributed by atoms with Crippen molar-refractivity contribution in [2.24, 2.45) is 0 Å². The van der Waals surface area contributed by atoms with E-state index in [0.29, 0.717) is 22.9 Å². The van der Waals surface area contributed by atoms with E-state index in [9.17, 15) is 4.79 Å². The Bertz CT molecular complexity index is 990. The lowest BCUT2D eigenvalue weighted by molar-refractivity contribution is 0.0927. The number of hydrogen-bond acceptors (Lipinski definition) is 6. The van der Waals surface area contributed by atoms with Gasteiger partial charge in [0.15, 0.2) is 0 Å². The molecule has 1 N–H and O–H groups in total. The zero-order valence-electron chi connectivity index (χ0n) is 17.4. The van der Waals surface area contributed by atoms with E-state index in [1.54, 1.807) is 24.5 Å². The standard InChI is InChI=1S/C23H26N4O3/c1-15-8-9-17(12-24-15)22-20(16(2)30-27-22)14-29-21-11-10-18(13-25-21)23(28)26-19-6-4-3-5-7-19/h8-13,19H,3-7,14H2,1-2H3,(H,26,28). The van der Waals surface area contributed by atoms with Crippen molar-refractivity contribution in [1.29, 1.82) is 0 Å². The van der Waals surface area contributed by atoms with Crippen LogP contribution in [0.5, 0.6) is 5.88 Å². The van der Waals surface area contributed by atoms with Gasteiger partial charge >= 0.3 is 0 Å². The van der Waals surface area contributed by atoms with Gasteiger partial charge in [0.05, 0.1) is 11.1 Å². The highest BCUT2D eigenvalue weighted by atomic mass is 16.5. The van der Waals surface area contributed by atoms with Gasteiger partial charge in [-0.3, -0.25) is 9.78 Å². The van der Waals surface area contributed by atoms with Crippen molar-refractivity contribution in [3.63, 3.8) is 0 Å². The maximum atomic E-state index is 12.4. The number of rotatable bonds is 6. The number of aryl methyl sites for hydroxylation is 2. The van der Waals surface area contributed by atoms with Crippen LogP contribution in [0, 0.1) is 13.8 Å². The Balaban J connectivity index is 1.39. The fraction of sp³-hybridized carbons (Fsp3) is 0.391. The topological polar surface area (TPSA) is 90.1 Å². The molecule has 0 spiro atoms. The molecule has 4 rings (SSSR count). The summed E-state index contributed by atoms with van der Waals surface area (Å²) in [5.41, 5.74) is 3.91. The van der Waals surface area contributed by atoms with Gasteiger partial charge in [0.25, 0.3) is 5.91 Å². The maximum absolute atomic E-state index is 12.4. The van der Waals surface area contributed by atoms with E-state index in [0.717, 1.165) is 29.7 Å². The molecule has 7 heteroatoms. The van der Waals surface area contributed by atoms with Gasteiger partial charge < -0.3 is 14.6 Å². The highest BCUT2D eigenvalue weighted by Crippen LogP contribution is 2.26. The second-order valence-electron chi connectivity index (χ2n) is 7.74. The van der Waals surface area contributed by atoms with Gasteiger partial charge in [-0.1, -0.05) is 24.4 Å². The van der Waals surface area contributed by atoms with Crippen LogP contribution in [0.2, 0.25) is 0 Å². The number of nitrogens with one attached hydrogen (secondary N) is 1. The van der Waals surface area contributed by atoms with E-state index in [1.165, 1.54) is 19.3 Å². The van der Waals surface area contributed by atoms with Crippen LogP contribution in [0.25, 0.3) is 11.3 Å². The highest BCUT2D eigenvalue weighted by molar-refractivity contribution is 5.94. The molecule has 0 saturated heterocycles. The molecule has 1 fully saturated rings. The number of pyridine rings is 2. The maximum Gasteiger partial charge on any atom is 0.253 e. The molecule has 0 aromatic carbocycles. The molecular weight excluding hydrogens is 380 g/mol. The van der Waals surface area contributed by atoms with E-state index >= 15 is 0 Å². The van der Waals surface area contributed by atoms with E-state index in [-0.39, 0.29) is 18.6 Å². The fourth-order valence-electron chi connectivity index (χ4n) is 3.66. The van der Waals surface area contributed by atoms with Gasteiger partial charge in [0.2, 0.25) is 5.88 Å². The minimum atomic E-state index is -0.0787. The third-order valence-electron chi connectivity index (χ3n) is 5.47. The number of amides is 1. The van der Waals surface area contributed by atoms with E-state index in [2.05, 4.69) is 20.4 Å². The Labute approximate surface area is 175 Å². The first-order valence-corrected chi connectivity index (χ1v) is 10.4. The van der Waals surface area contributed by atoms with Crippen molar-refractivity contribution < 1.29 is 14.1 Å². The summed E-state index contributed by atoms with van der Waals surface area (Å²) in [7, 11) is 0. The van der Waals surface area contributed by atoms with Crippen molar-refractivity contribution >= 4 is 5.91 Å². The summed E-state index contributed by atoms with van der Waals surface area (Å²) in [6.07, 6.45) is 9.05. The van der Waals surface area contributed by atoms with Gasteiger partial charge in [-0.05, 0) is 44.9 Å². The molecule has 0 radical (unpaired) electrons.